The number of carbonyl (C=O) groups excluding carboxylic acids is 3. The molecule has 0 saturated heterocycles. The van der Waals surface area contributed by atoms with Crippen LogP contribution in [0.5, 0.6) is 0 Å². The molecule has 0 saturated carbocycles. The zero-order valence-electron chi connectivity index (χ0n) is 24.2. The molecule has 219 valence electrons. The zero-order valence-corrected chi connectivity index (χ0v) is 25.5. The molecule has 0 aliphatic carbocycles. The van der Waals surface area contributed by atoms with E-state index in [1.807, 2.05) is 0 Å². The van der Waals surface area contributed by atoms with E-state index in [9.17, 15) is 29.7 Å². The van der Waals surface area contributed by atoms with E-state index in [0.717, 1.165) is 38.5 Å². The molecule has 10 heteroatoms. The van der Waals surface area contributed by atoms with Crippen LogP contribution in [0.25, 0.3) is 0 Å². The average molecular weight is 569 g/mol. The van der Waals surface area contributed by atoms with Gasteiger partial charge in [-0.15, -0.1) is 0 Å². The van der Waals surface area contributed by atoms with Crippen molar-refractivity contribution in [1.29, 1.82) is 0 Å². The van der Waals surface area contributed by atoms with Crippen LogP contribution in [0.1, 0.15) is 119 Å². The summed E-state index contributed by atoms with van der Waals surface area (Å²) in [5.74, 6) is 1.42. The van der Waals surface area contributed by atoms with Crippen molar-refractivity contribution in [2.24, 2.45) is 17.8 Å². The zero-order chi connectivity index (χ0) is 28.2. The first-order valence-electron chi connectivity index (χ1n) is 14.0. The fourth-order valence-corrected chi connectivity index (χ4v) is 3.51. The fraction of sp³-hybridized carbons (Fsp3) is 0.889. The monoisotopic (exact) mass is 568 g/mol. The van der Waals surface area contributed by atoms with Crippen molar-refractivity contribution >= 4 is 18.3 Å². The molecule has 37 heavy (non-hydrogen) atoms. The minimum absolute atomic E-state index is 0. The Morgan fingerprint density at radius 3 is 0.865 bits per heavy atom. The molecule has 3 unspecified atom stereocenters. The van der Waals surface area contributed by atoms with Gasteiger partial charge < -0.3 is 45.7 Å². The van der Waals surface area contributed by atoms with E-state index in [1.54, 1.807) is 0 Å². The van der Waals surface area contributed by atoms with Gasteiger partial charge in [0.15, 0.2) is 0 Å². The van der Waals surface area contributed by atoms with Crippen LogP contribution in [0.3, 0.4) is 0 Å². The van der Waals surface area contributed by atoms with Gasteiger partial charge in [-0.05, 0) is 37.0 Å². The van der Waals surface area contributed by atoms with Crippen molar-refractivity contribution < 1.29 is 47.1 Å². The summed E-state index contributed by atoms with van der Waals surface area (Å²) in [4.78, 5) is 30.2. The number of nitrogens with one attached hydrogen (secondary N) is 3. The summed E-state index contributed by atoms with van der Waals surface area (Å²) in [6.07, 6.45) is 9.94. The number of carbonyl (C=O) groups is 3. The Morgan fingerprint density at radius 2 is 0.730 bits per heavy atom. The van der Waals surface area contributed by atoms with Gasteiger partial charge in [-0.3, -0.25) is 0 Å². The molecule has 3 atom stereocenters. The maximum absolute atomic E-state index is 10.1. The molecule has 0 spiro atoms. The Kier molecular flexibility index (Phi) is 37.1. The first kappa shape index (κ1) is 42.4. The molecule has 3 amide bonds. The van der Waals surface area contributed by atoms with Gasteiger partial charge in [-0.25, -0.2) is 0 Å². The largest absolute Gasteiger partial charge is 3.00 e. The smallest absolute Gasteiger partial charge is 0.530 e. The molecule has 0 aromatic carbocycles. The van der Waals surface area contributed by atoms with E-state index < -0.39 is 18.3 Å². The van der Waals surface area contributed by atoms with Crippen LogP contribution in [0.4, 0.5) is 14.4 Å². The molecule has 3 N–H and O–H groups in total. The van der Waals surface area contributed by atoms with Gasteiger partial charge in [0, 0.05) is 19.6 Å². The number of carboxylic acid groups (broad SMARTS) is 3. The molecule has 0 aromatic rings. The first-order chi connectivity index (χ1) is 17.1. The maximum atomic E-state index is 10.1. The van der Waals surface area contributed by atoms with Crippen molar-refractivity contribution in [2.45, 2.75) is 119 Å². The number of hydrogen-bond donors (Lipinski definition) is 3. The third-order valence-corrected chi connectivity index (χ3v) is 6.24. The summed E-state index contributed by atoms with van der Waals surface area (Å²) in [5.41, 5.74) is 0. The normalized spacial score (nSPS) is 12.2. The molecule has 0 fully saturated rings. The van der Waals surface area contributed by atoms with Crippen LogP contribution >= 0.6 is 0 Å². The Hall–Kier alpha value is -1.66. The van der Waals surface area contributed by atoms with E-state index >= 15 is 0 Å². The maximum Gasteiger partial charge on any atom is 3.00 e. The van der Waals surface area contributed by atoms with Crippen molar-refractivity contribution in [3.8, 4) is 0 Å². The Labute approximate surface area is 237 Å². The third kappa shape index (κ3) is 36.6. The van der Waals surface area contributed by atoms with E-state index in [1.165, 1.54) is 38.5 Å². The predicted octanol–water partition coefficient (Wildman–Crippen LogP) is 3.40. The Bertz CT molecular complexity index is 455. The molecule has 0 aliphatic heterocycles. The number of hydrogen-bond acceptors (Lipinski definition) is 6. The molecule has 0 aromatic heterocycles. The van der Waals surface area contributed by atoms with Gasteiger partial charge >= 0.3 is 17.4 Å². The fourth-order valence-electron chi connectivity index (χ4n) is 3.51. The van der Waals surface area contributed by atoms with Gasteiger partial charge in [0.1, 0.15) is 18.3 Å². The average Bonchev–Trinajstić information content (AvgIpc) is 2.85. The topological polar surface area (TPSA) is 156 Å². The standard InChI is InChI=1S/3C9H19NO2.Cr/c3*1-3-5-6-8(4-2)7-10-9(11)12;/h3*8,10H,3-7H2,1-2H3,(H,11,12);/q;;;+3/p-3. The molecule has 1 radical (unpaired) electrons. The molecular weight excluding hydrogens is 514 g/mol. The molecular formula is C27H54CrN3O6. The predicted molar refractivity (Wildman–Crippen MR) is 140 cm³/mol. The van der Waals surface area contributed by atoms with Crippen molar-refractivity contribution in [3.63, 3.8) is 0 Å². The second-order valence-corrected chi connectivity index (χ2v) is 9.25. The summed E-state index contributed by atoms with van der Waals surface area (Å²) < 4.78 is 0. The van der Waals surface area contributed by atoms with Gasteiger partial charge in [0.2, 0.25) is 0 Å². The van der Waals surface area contributed by atoms with E-state index in [2.05, 4.69) is 57.5 Å². The van der Waals surface area contributed by atoms with Crippen molar-refractivity contribution in [1.82, 2.24) is 16.0 Å². The second-order valence-electron chi connectivity index (χ2n) is 9.25. The van der Waals surface area contributed by atoms with Crippen molar-refractivity contribution in [3.05, 3.63) is 0 Å². The van der Waals surface area contributed by atoms with Crippen LogP contribution in [0, 0.1) is 17.8 Å². The quantitative estimate of drug-likeness (QED) is 0.230. The van der Waals surface area contributed by atoms with Crippen LogP contribution in [0.15, 0.2) is 0 Å². The summed E-state index contributed by atoms with van der Waals surface area (Å²) in [6, 6.07) is 0. The molecule has 0 bridgehead atoms. The molecule has 9 nitrogen and oxygen atoms in total. The third-order valence-electron chi connectivity index (χ3n) is 6.24. The van der Waals surface area contributed by atoms with Gasteiger partial charge in [0.25, 0.3) is 0 Å². The summed E-state index contributed by atoms with van der Waals surface area (Å²) in [6.45, 7) is 14.3. The van der Waals surface area contributed by atoms with Gasteiger partial charge in [-0.2, -0.15) is 0 Å². The van der Waals surface area contributed by atoms with E-state index in [4.69, 9.17) is 0 Å². The van der Waals surface area contributed by atoms with E-state index in [0.29, 0.717) is 37.4 Å². The molecule has 0 rings (SSSR count). The minimum Gasteiger partial charge on any atom is -0.530 e. The van der Waals surface area contributed by atoms with Crippen LogP contribution < -0.4 is 31.3 Å². The Balaban J connectivity index is -0.000000218. The van der Waals surface area contributed by atoms with Gasteiger partial charge in [0.05, 0.1) is 0 Å². The van der Waals surface area contributed by atoms with Gasteiger partial charge in [-0.1, -0.05) is 99.3 Å². The van der Waals surface area contributed by atoms with Crippen molar-refractivity contribution in [2.75, 3.05) is 19.6 Å². The minimum atomic E-state index is -1.16. The molecule has 0 aliphatic rings. The first-order valence-corrected chi connectivity index (χ1v) is 14.0. The second kappa shape index (κ2) is 32.4. The number of amides is 3. The SMILES string of the molecule is CCCCC(CC)CNC(=O)[O-].CCCCC(CC)CNC(=O)[O-].CCCCC(CC)CNC(=O)[O-].[Cr+3]. The summed E-state index contributed by atoms with van der Waals surface area (Å²) in [7, 11) is 0. The van der Waals surface area contributed by atoms with Crippen LogP contribution in [-0.4, -0.2) is 37.9 Å². The molecule has 0 heterocycles. The summed E-state index contributed by atoms with van der Waals surface area (Å²) in [5, 5.41) is 37.1. The van der Waals surface area contributed by atoms with Crippen LogP contribution in [0.2, 0.25) is 0 Å². The number of unbranched alkanes of at least 4 members (excludes halogenated alkanes) is 3. The van der Waals surface area contributed by atoms with Crippen LogP contribution in [-0.2, 0) is 17.4 Å². The Morgan fingerprint density at radius 1 is 0.514 bits per heavy atom. The summed E-state index contributed by atoms with van der Waals surface area (Å²) >= 11 is 0. The number of rotatable bonds is 18. The van der Waals surface area contributed by atoms with E-state index in [-0.39, 0.29) is 17.4 Å².